The number of hydrogen-bond acceptors (Lipinski definition) is 1. The molecular formula is C10H8NS+. The largest absolute Gasteiger partial charge is 0.276 e. The number of nitrogens with zero attached hydrogens (tertiary/aromatic N) is 1. The first-order valence-corrected chi connectivity index (χ1v) is 4.14. The van der Waals surface area contributed by atoms with Gasteiger partial charge in [0.15, 0.2) is 12.4 Å². The molecule has 2 aromatic rings. The van der Waals surface area contributed by atoms with Gasteiger partial charge in [-0.15, -0.1) is 0 Å². The summed E-state index contributed by atoms with van der Waals surface area (Å²) in [7, 11) is 0. The van der Waals surface area contributed by atoms with Crippen LogP contribution < -0.4 is 3.61 Å². The van der Waals surface area contributed by atoms with E-state index in [0.29, 0.717) is 0 Å². The predicted octanol–water partition coefficient (Wildman–Crippen LogP) is 2.37. The van der Waals surface area contributed by atoms with E-state index < -0.39 is 0 Å². The second-order valence-corrected chi connectivity index (χ2v) is 3.04. The van der Waals surface area contributed by atoms with Crippen LogP contribution in [0.15, 0.2) is 48.8 Å². The Morgan fingerprint density at radius 3 is 1.83 bits per heavy atom. The SMILES string of the molecule is S=[n+]1ccc2ccccc2cc1. The predicted molar refractivity (Wildman–Crippen MR) is 51.5 cm³/mol. The zero-order valence-corrected chi connectivity index (χ0v) is 7.29. The van der Waals surface area contributed by atoms with Gasteiger partial charge >= 0.3 is 0 Å². The van der Waals surface area contributed by atoms with Crippen molar-refractivity contribution >= 4 is 23.2 Å². The first-order chi connectivity index (χ1) is 5.86. The van der Waals surface area contributed by atoms with Crippen LogP contribution in [0.1, 0.15) is 0 Å². The van der Waals surface area contributed by atoms with Crippen molar-refractivity contribution in [2.75, 3.05) is 0 Å². The molecule has 1 nitrogen and oxygen atoms in total. The Hall–Kier alpha value is -1.28. The van der Waals surface area contributed by atoms with Gasteiger partial charge in [0.25, 0.3) is 12.4 Å². The summed E-state index contributed by atoms with van der Waals surface area (Å²) in [5.41, 5.74) is 0. The van der Waals surface area contributed by atoms with Crippen LogP contribution in [0.2, 0.25) is 0 Å². The van der Waals surface area contributed by atoms with Crippen LogP contribution in [0.3, 0.4) is 0 Å². The number of benzene rings is 1. The maximum absolute atomic E-state index is 4.98. The molecule has 58 valence electrons. The molecule has 0 aliphatic heterocycles. The van der Waals surface area contributed by atoms with E-state index in [-0.39, 0.29) is 0 Å². The Morgan fingerprint density at radius 2 is 1.33 bits per heavy atom. The lowest BCUT2D eigenvalue weighted by atomic mass is 10.2. The normalized spacial score (nSPS) is 10.0. The zero-order chi connectivity index (χ0) is 8.39. The second kappa shape index (κ2) is 2.99. The van der Waals surface area contributed by atoms with E-state index in [9.17, 15) is 0 Å². The quantitative estimate of drug-likeness (QED) is 0.555. The van der Waals surface area contributed by atoms with Crippen molar-refractivity contribution < 1.29 is 3.61 Å². The molecule has 0 unspecified atom stereocenters. The lowest BCUT2D eigenvalue weighted by molar-refractivity contribution is -0.432. The maximum Gasteiger partial charge on any atom is 0.276 e. The minimum Gasteiger partial charge on any atom is -0.0953 e. The summed E-state index contributed by atoms with van der Waals surface area (Å²) in [5.74, 6) is 0. The maximum atomic E-state index is 4.98. The third-order valence-electron chi connectivity index (χ3n) is 1.80. The smallest absolute Gasteiger partial charge is 0.0953 e. The molecule has 0 fully saturated rings. The lowest BCUT2D eigenvalue weighted by Crippen LogP contribution is -2.03. The van der Waals surface area contributed by atoms with E-state index in [1.54, 1.807) is 3.61 Å². The molecule has 0 saturated carbocycles. The van der Waals surface area contributed by atoms with Crippen LogP contribution in [0.5, 0.6) is 0 Å². The van der Waals surface area contributed by atoms with Gasteiger partial charge in [0, 0.05) is 12.1 Å². The monoisotopic (exact) mass is 174 g/mol. The first kappa shape index (κ1) is 7.37. The molecular weight excluding hydrogens is 166 g/mol. The minimum absolute atomic E-state index is 1.21. The van der Waals surface area contributed by atoms with Crippen LogP contribution in [0, 0.1) is 0 Å². The van der Waals surface area contributed by atoms with Crippen molar-refractivity contribution in [3.8, 4) is 0 Å². The van der Waals surface area contributed by atoms with Crippen molar-refractivity contribution in [1.82, 2.24) is 0 Å². The summed E-state index contributed by atoms with van der Waals surface area (Å²) in [6.07, 6.45) is 3.75. The molecule has 1 heterocycles. The molecule has 0 spiro atoms. The lowest BCUT2D eigenvalue weighted by Gasteiger charge is -1.85. The molecule has 0 saturated heterocycles. The first-order valence-electron chi connectivity index (χ1n) is 3.77. The fourth-order valence-corrected chi connectivity index (χ4v) is 1.29. The highest BCUT2D eigenvalue weighted by atomic mass is 32.1. The Morgan fingerprint density at radius 1 is 0.833 bits per heavy atom. The molecule has 0 bridgehead atoms. The second-order valence-electron chi connectivity index (χ2n) is 2.62. The third-order valence-corrected chi connectivity index (χ3v) is 2.04. The van der Waals surface area contributed by atoms with Gasteiger partial charge in [0.05, 0.1) is 0 Å². The number of hydrogen-bond donors (Lipinski definition) is 0. The molecule has 0 aliphatic rings. The van der Waals surface area contributed by atoms with E-state index in [4.69, 9.17) is 12.4 Å². The standard InChI is InChI=1S/C10H8NS/c12-11-7-5-9-3-1-2-4-10(9)6-8-11/h1-8H/q+1. The molecule has 0 aliphatic carbocycles. The van der Waals surface area contributed by atoms with Crippen LogP contribution in [0.25, 0.3) is 10.8 Å². The Balaban J connectivity index is 2.94. The van der Waals surface area contributed by atoms with Gasteiger partial charge in [0.1, 0.15) is 0 Å². The number of rotatable bonds is 0. The highest BCUT2D eigenvalue weighted by molar-refractivity contribution is 7.66. The van der Waals surface area contributed by atoms with E-state index >= 15 is 0 Å². The van der Waals surface area contributed by atoms with Crippen LogP contribution in [0.4, 0.5) is 0 Å². The van der Waals surface area contributed by atoms with E-state index in [2.05, 4.69) is 12.1 Å². The van der Waals surface area contributed by atoms with Crippen molar-refractivity contribution in [1.29, 1.82) is 0 Å². The van der Waals surface area contributed by atoms with Gasteiger partial charge < -0.3 is 0 Å². The molecule has 1 aromatic heterocycles. The Kier molecular flexibility index (Phi) is 1.84. The summed E-state index contributed by atoms with van der Waals surface area (Å²) in [6, 6.07) is 12.2. The molecule has 0 N–H and O–H groups in total. The Bertz CT molecular complexity index is 424. The fourth-order valence-electron chi connectivity index (χ4n) is 1.17. The Labute approximate surface area is 76.1 Å². The van der Waals surface area contributed by atoms with Crippen LogP contribution >= 0.6 is 12.4 Å². The molecule has 1 aromatic carbocycles. The fraction of sp³-hybridized carbons (Fsp3) is 0. The van der Waals surface area contributed by atoms with Crippen molar-refractivity contribution in [2.45, 2.75) is 0 Å². The van der Waals surface area contributed by atoms with Gasteiger partial charge in [-0.1, -0.05) is 27.9 Å². The van der Waals surface area contributed by atoms with Gasteiger partial charge in [-0.05, 0) is 10.8 Å². The molecule has 0 atom stereocenters. The molecule has 2 rings (SSSR count). The summed E-state index contributed by atoms with van der Waals surface area (Å²) >= 11 is 4.98. The number of fused-ring (bicyclic) bond motifs is 1. The zero-order valence-electron chi connectivity index (χ0n) is 6.47. The summed E-state index contributed by atoms with van der Waals surface area (Å²) in [5, 5.41) is 2.42. The average Bonchev–Trinajstić information content (AvgIpc) is 2.29. The van der Waals surface area contributed by atoms with Gasteiger partial charge in [-0.3, -0.25) is 0 Å². The van der Waals surface area contributed by atoms with Crippen molar-refractivity contribution in [3.05, 3.63) is 48.8 Å². The van der Waals surface area contributed by atoms with E-state index in [1.807, 2.05) is 36.7 Å². The summed E-state index contributed by atoms with van der Waals surface area (Å²) < 4.78 is 1.62. The summed E-state index contributed by atoms with van der Waals surface area (Å²) in [6.45, 7) is 0. The van der Waals surface area contributed by atoms with Crippen molar-refractivity contribution in [3.63, 3.8) is 0 Å². The highest BCUT2D eigenvalue weighted by Gasteiger charge is 1.89. The molecule has 0 radical (unpaired) electrons. The average molecular weight is 174 g/mol. The molecule has 0 amide bonds. The van der Waals surface area contributed by atoms with Crippen molar-refractivity contribution in [2.24, 2.45) is 0 Å². The topological polar surface area (TPSA) is 5.90 Å². The third kappa shape index (κ3) is 1.34. The summed E-state index contributed by atoms with van der Waals surface area (Å²) in [4.78, 5) is 0. The van der Waals surface area contributed by atoms with Crippen LogP contribution in [-0.4, -0.2) is 0 Å². The molecule has 2 heteroatoms. The van der Waals surface area contributed by atoms with Crippen LogP contribution in [-0.2, 0) is 0 Å². The highest BCUT2D eigenvalue weighted by Crippen LogP contribution is 2.08. The van der Waals surface area contributed by atoms with Gasteiger partial charge in [0.2, 0.25) is 0 Å². The van der Waals surface area contributed by atoms with E-state index in [1.165, 1.54) is 10.8 Å². The van der Waals surface area contributed by atoms with Gasteiger partial charge in [-0.25, -0.2) is 0 Å². The van der Waals surface area contributed by atoms with E-state index in [0.717, 1.165) is 0 Å². The van der Waals surface area contributed by atoms with Gasteiger partial charge in [-0.2, -0.15) is 0 Å². The minimum atomic E-state index is 1.21. The number of aromatic nitrogens is 1. The molecule has 12 heavy (non-hydrogen) atoms.